The van der Waals surface area contributed by atoms with Gasteiger partial charge in [0.1, 0.15) is 11.5 Å². The third-order valence-electron chi connectivity index (χ3n) is 1.94. The molecular weight excluding hydrogens is 286 g/mol. The number of ketones is 1. The summed E-state index contributed by atoms with van der Waals surface area (Å²) in [4.78, 5) is 11.2. The predicted octanol–water partition coefficient (Wildman–Crippen LogP) is 2.91. The average Bonchev–Trinajstić information content (AvgIpc) is 2.27. The highest BCUT2D eigenvalue weighted by molar-refractivity contribution is 9.10. The Labute approximate surface area is 99.5 Å². The molecule has 0 N–H and O–H groups in total. The van der Waals surface area contributed by atoms with E-state index in [4.69, 9.17) is 9.47 Å². The van der Waals surface area contributed by atoms with Gasteiger partial charge in [-0.2, -0.15) is 0 Å². The molecule has 3 nitrogen and oxygen atoms in total. The fourth-order valence-corrected chi connectivity index (χ4v) is 1.65. The van der Waals surface area contributed by atoms with Crippen molar-refractivity contribution in [2.45, 2.75) is 6.43 Å². The van der Waals surface area contributed by atoms with Crippen LogP contribution in [-0.4, -0.2) is 26.4 Å². The Morgan fingerprint density at radius 1 is 1.25 bits per heavy atom. The number of rotatable bonds is 4. The molecule has 16 heavy (non-hydrogen) atoms. The van der Waals surface area contributed by atoms with Gasteiger partial charge in [-0.1, -0.05) is 0 Å². The number of ether oxygens (including phenoxy) is 2. The number of carbonyl (C=O) groups excluding carboxylic acids is 1. The summed E-state index contributed by atoms with van der Waals surface area (Å²) in [5, 5.41) is 0. The van der Waals surface area contributed by atoms with Gasteiger partial charge in [-0.3, -0.25) is 4.79 Å². The van der Waals surface area contributed by atoms with Gasteiger partial charge in [0.05, 0.1) is 24.3 Å². The topological polar surface area (TPSA) is 35.5 Å². The van der Waals surface area contributed by atoms with Crippen LogP contribution >= 0.6 is 15.9 Å². The minimum atomic E-state index is -3.07. The number of hydrogen-bond acceptors (Lipinski definition) is 3. The zero-order valence-corrected chi connectivity index (χ0v) is 10.2. The number of halogens is 3. The van der Waals surface area contributed by atoms with E-state index in [1.54, 1.807) is 0 Å². The van der Waals surface area contributed by atoms with Crippen molar-refractivity contribution in [3.05, 3.63) is 22.2 Å². The van der Waals surface area contributed by atoms with E-state index in [-0.39, 0.29) is 11.3 Å². The van der Waals surface area contributed by atoms with Gasteiger partial charge in [0.25, 0.3) is 0 Å². The van der Waals surface area contributed by atoms with Crippen molar-refractivity contribution in [3.63, 3.8) is 0 Å². The van der Waals surface area contributed by atoms with E-state index < -0.39 is 12.2 Å². The molecule has 0 saturated carbocycles. The molecule has 0 atom stereocenters. The summed E-state index contributed by atoms with van der Waals surface area (Å²) in [5.74, 6) is -0.912. The van der Waals surface area contributed by atoms with Gasteiger partial charge in [-0.25, -0.2) is 8.78 Å². The van der Waals surface area contributed by atoms with Crippen molar-refractivity contribution in [3.8, 4) is 11.5 Å². The molecule has 1 aromatic carbocycles. The zero-order valence-electron chi connectivity index (χ0n) is 8.59. The minimum absolute atomic E-state index is 0.0815. The van der Waals surface area contributed by atoms with E-state index in [0.29, 0.717) is 10.2 Å². The van der Waals surface area contributed by atoms with Crippen LogP contribution < -0.4 is 9.47 Å². The highest BCUT2D eigenvalue weighted by Crippen LogP contribution is 2.33. The van der Waals surface area contributed by atoms with Crippen LogP contribution in [0.4, 0.5) is 8.78 Å². The van der Waals surface area contributed by atoms with E-state index in [0.717, 1.165) is 0 Å². The second-order valence-corrected chi connectivity index (χ2v) is 3.71. The first-order chi connectivity index (χ1) is 7.51. The third kappa shape index (κ3) is 2.49. The van der Waals surface area contributed by atoms with Crippen LogP contribution in [0.25, 0.3) is 0 Å². The normalized spacial score (nSPS) is 10.4. The van der Waals surface area contributed by atoms with Crippen LogP contribution in [-0.2, 0) is 0 Å². The fourth-order valence-electron chi connectivity index (χ4n) is 1.17. The molecule has 0 aliphatic rings. The summed E-state index contributed by atoms with van der Waals surface area (Å²) in [5.41, 5.74) is -0.197. The van der Waals surface area contributed by atoms with Crippen molar-refractivity contribution in [2.24, 2.45) is 0 Å². The lowest BCUT2D eigenvalue weighted by Crippen LogP contribution is -2.12. The number of alkyl halides is 2. The van der Waals surface area contributed by atoms with Crippen molar-refractivity contribution in [1.29, 1.82) is 0 Å². The van der Waals surface area contributed by atoms with E-state index >= 15 is 0 Å². The van der Waals surface area contributed by atoms with Crippen molar-refractivity contribution >= 4 is 21.7 Å². The molecule has 0 unspecified atom stereocenters. The lowest BCUT2D eigenvalue weighted by molar-refractivity contribution is 0.0675. The summed E-state index contributed by atoms with van der Waals surface area (Å²) >= 11 is 3.16. The quantitative estimate of drug-likeness (QED) is 0.801. The zero-order chi connectivity index (χ0) is 12.3. The molecular formula is C10H9BrF2O3. The fraction of sp³-hybridized carbons (Fsp3) is 0.300. The molecule has 0 spiro atoms. The van der Waals surface area contributed by atoms with Gasteiger partial charge in [0, 0.05) is 0 Å². The Kier molecular flexibility index (Phi) is 4.23. The smallest absolute Gasteiger partial charge is 0.300 e. The van der Waals surface area contributed by atoms with E-state index in [2.05, 4.69) is 15.9 Å². The third-order valence-corrected chi connectivity index (χ3v) is 2.56. The maximum Gasteiger partial charge on any atom is 0.300 e. The Morgan fingerprint density at radius 3 is 2.25 bits per heavy atom. The molecule has 1 rings (SSSR count). The van der Waals surface area contributed by atoms with Gasteiger partial charge in [-0.15, -0.1) is 0 Å². The monoisotopic (exact) mass is 294 g/mol. The van der Waals surface area contributed by atoms with E-state index in [1.165, 1.54) is 26.4 Å². The highest BCUT2D eigenvalue weighted by Gasteiger charge is 2.23. The standard InChI is InChI=1S/C10H9BrF2O3/c1-15-7-4-6(11)8(16-2)3-5(7)9(14)10(12)13/h3-4,10H,1-2H3. The van der Waals surface area contributed by atoms with E-state index in [9.17, 15) is 13.6 Å². The molecule has 0 heterocycles. The molecule has 0 aliphatic carbocycles. The van der Waals surface area contributed by atoms with Gasteiger partial charge in [-0.05, 0) is 28.1 Å². The first kappa shape index (κ1) is 12.9. The summed E-state index contributed by atoms with van der Waals surface area (Å²) in [7, 11) is 2.68. The maximum absolute atomic E-state index is 12.3. The van der Waals surface area contributed by atoms with Gasteiger partial charge < -0.3 is 9.47 Å². The Bertz CT molecular complexity index is 407. The van der Waals surface area contributed by atoms with Crippen LogP contribution in [0.5, 0.6) is 11.5 Å². The second-order valence-electron chi connectivity index (χ2n) is 2.85. The summed E-state index contributed by atoms with van der Waals surface area (Å²) in [6.45, 7) is 0. The minimum Gasteiger partial charge on any atom is -0.496 e. The molecule has 0 bridgehead atoms. The predicted molar refractivity (Wildman–Crippen MR) is 57.6 cm³/mol. The number of Topliss-reactive ketones (excluding diaryl/α,β-unsaturated/α-hetero) is 1. The van der Waals surface area contributed by atoms with Crippen LogP contribution in [0.2, 0.25) is 0 Å². The second kappa shape index (κ2) is 5.25. The molecule has 0 amide bonds. The first-order valence-corrected chi connectivity index (χ1v) is 5.04. The Morgan fingerprint density at radius 2 is 1.81 bits per heavy atom. The largest absolute Gasteiger partial charge is 0.496 e. The van der Waals surface area contributed by atoms with Crippen molar-refractivity contribution in [1.82, 2.24) is 0 Å². The molecule has 0 radical (unpaired) electrons. The van der Waals surface area contributed by atoms with Gasteiger partial charge in [0.2, 0.25) is 5.78 Å². The number of carbonyl (C=O) groups is 1. The Hall–Kier alpha value is -1.17. The maximum atomic E-state index is 12.3. The highest BCUT2D eigenvalue weighted by atomic mass is 79.9. The average molecular weight is 295 g/mol. The van der Waals surface area contributed by atoms with Gasteiger partial charge >= 0.3 is 6.43 Å². The Balaban J connectivity index is 3.30. The molecule has 6 heteroatoms. The molecule has 0 aromatic heterocycles. The molecule has 0 aliphatic heterocycles. The number of benzene rings is 1. The molecule has 1 aromatic rings. The molecule has 0 fully saturated rings. The number of hydrogen-bond donors (Lipinski definition) is 0. The van der Waals surface area contributed by atoms with E-state index in [1.807, 2.05) is 0 Å². The SMILES string of the molecule is COc1cc(C(=O)C(F)F)c(OC)cc1Br. The van der Waals surface area contributed by atoms with Crippen LogP contribution in [0.15, 0.2) is 16.6 Å². The summed E-state index contributed by atoms with van der Waals surface area (Å²) < 4.78 is 34.9. The van der Waals surface area contributed by atoms with Crippen LogP contribution in [0.3, 0.4) is 0 Å². The molecule has 0 saturated heterocycles. The van der Waals surface area contributed by atoms with Crippen LogP contribution in [0.1, 0.15) is 10.4 Å². The number of methoxy groups -OCH3 is 2. The van der Waals surface area contributed by atoms with Crippen molar-refractivity contribution < 1.29 is 23.0 Å². The molecule has 88 valence electrons. The summed E-state index contributed by atoms with van der Waals surface area (Å²) in [6, 6.07) is 2.63. The van der Waals surface area contributed by atoms with Gasteiger partial charge in [0.15, 0.2) is 0 Å². The lowest BCUT2D eigenvalue weighted by Gasteiger charge is -2.11. The van der Waals surface area contributed by atoms with Crippen LogP contribution in [0, 0.1) is 0 Å². The lowest BCUT2D eigenvalue weighted by atomic mass is 10.1. The first-order valence-electron chi connectivity index (χ1n) is 4.25. The summed E-state index contributed by atoms with van der Waals surface area (Å²) in [6.07, 6.45) is -3.07. The van der Waals surface area contributed by atoms with Crippen molar-refractivity contribution in [2.75, 3.05) is 14.2 Å².